The Morgan fingerprint density at radius 2 is 1.41 bits per heavy atom. The van der Waals surface area contributed by atoms with E-state index in [1.54, 1.807) is 0 Å². The Morgan fingerprint density at radius 3 is 2.15 bits per heavy atom. The number of fused-ring (bicyclic) bond motifs is 6. The number of nitrogens with zero attached hydrogens (tertiary/aromatic N) is 2. The molecule has 184 valence electrons. The lowest BCUT2D eigenvalue weighted by Crippen LogP contribution is -2.53. The molecule has 2 bridgehead atoms. The third kappa shape index (κ3) is 4.82. The molecular weight excluding hydrogens is 424 g/mol. The highest BCUT2D eigenvalue weighted by Gasteiger charge is 2.40. The largest absolute Gasteiger partial charge is 0.475 e. The van der Waals surface area contributed by atoms with Gasteiger partial charge >= 0.3 is 5.97 Å². The Hall–Kier alpha value is -2.14. The summed E-state index contributed by atoms with van der Waals surface area (Å²) in [6.07, 6.45) is 20.4. The average molecular weight is 465 g/mol. The van der Waals surface area contributed by atoms with Crippen LogP contribution in [0.25, 0.3) is 10.9 Å². The molecule has 0 spiro atoms. The molecule has 2 saturated heterocycles. The van der Waals surface area contributed by atoms with Crippen LogP contribution in [0.4, 0.5) is 0 Å². The van der Waals surface area contributed by atoms with E-state index in [1.807, 2.05) is 24.4 Å². The number of carbonyl (C=O) groups is 2. The number of ketones is 1. The maximum Gasteiger partial charge on any atom is 0.377 e. The highest BCUT2D eigenvalue weighted by atomic mass is 16.4. The van der Waals surface area contributed by atoms with Gasteiger partial charge in [0, 0.05) is 41.8 Å². The van der Waals surface area contributed by atoms with Crippen molar-refractivity contribution in [1.82, 2.24) is 9.47 Å². The number of carboxylic acids is 1. The van der Waals surface area contributed by atoms with Gasteiger partial charge in [0.15, 0.2) is 0 Å². The number of aliphatic carboxylic acids is 1. The number of hydrogen-bond acceptors (Lipinski definition) is 3. The van der Waals surface area contributed by atoms with Crippen LogP contribution in [-0.2, 0) is 4.79 Å². The standard InChI is InChI=1S/C29H40N2O3/c32-28(29(33)34)25-20-31(26-17-11-10-16-24(25)26)27-18-23-15-9-8-12-21(27)19-30(23)22-13-6-4-2-1-3-5-7-14-22/h10-11,16-17,20-23,27H,1-9,12-15,18-19H2,(H,33,34)/t21?,23-,27+/m1/s1. The fraction of sp³-hybridized carbons (Fsp3) is 0.655. The second-order valence-corrected chi connectivity index (χ2v) is 11.0. The van der Waals surface area contributed by atoms with Crippen molar-refractivity contribution in [2.24, 2.45) is 5.92 Å². The van der Waals surface area contributed by atoms with Crippen LogP contribution in [0.3, 0.4) is 0 Å². The van der Waals surface area contributed by atoms with Gasteiger partial charge in [0.25, 0.3) is 5.78 Å². The van der Waals surface area contributed by atoms with Crippen LogP contribution in [0, 0.1) is 5.92 Å². The van der Waals surface area contributed by atoms with Gasteiger partial charge in [0.05, 0.1) is 5.56 Å². The molecule has 5 nitrogen and oxygen atoms in total. The Labute approximate surface area is 203 Å². The van der Waals surface area contributed by atoms with Crippen LogP contribution in [-0.4, -0.2) is 45.0 Å². The molecule has 0 radical (unpaired) electrons. The summed E-state index contributed by atoms with van der Waals surface area (Å²) in [5.41, 5.74) is 1.35. The van der Waals surface area contributed by atoms with Crippen molar-refractivity contribution >= 4 is 22.7 Å². The van der Waals surface area contributed by atoms with Gasteiger partial charge in [-0.05, 0) is 44.1 Å². The Bertz CT molecular complexity index is 1000. The first-order chi connectivity index (χ1) is 16.6. The van der Waals surface area contributed by atoms with Gasteiger partial charge in [-0.2, -0.15) is 0 Å². The molecule has 2 aliphatic heterocycles. The summed E-state index contributed by atoms with van der Waals surface area (Å²) in [6, 6.07) is 9.50. The number of para-hydroxylation sites is 1. The normalized spacial score (nSPS) is 27.8. The summed E-state index contributed by atoms with van der Waals surface area (Å²) in [4.78, 5) is 26.9. The van der Waals surface area contributed by atoms with Crippen molar-refractivity contribution in [3.63, 3.8) is 0 Å². The van der Waals surface area contributed by atoms with E-state index in [4.69, 9.17) is 0 Å². The second-order valence-electron chi connectivity index (χ2n) is 11.0. The van der Waals surface area contributed by atoms with Crippen molar-refractivity contribution < 1.29 is 14.7 Å². The minimum atomic E-state index is -1.37. The highest BCUT2D eigenvalue weighted by molar-refractivity contribution is 6.42. The Balaban J connectivity index is 1.44. The molecule has 5 heteroatoms. The van der Waals surface area contributed by atoms with Gasteiger partial charge in [0.1, 0.15) is 0 Å². The summed E-state index contributed by atoms with van der Waals surface area (Å²) in [7, 11) is 0. The molecule has 0 amide bonds. The number of Topliss-reactive ketones (excluding diaryl/α,β-unsaturated/α-hetero) is 1. The number of rotatable bonds is 4. The smallest absolute Gasteiger partial charge is 0.377 e. The van der Waals surface area contributed by atoms with Crippen molar-refractivity contribution in [2.45, 2.75) is 108 Å². The van der Waals surface area contributed by atoms with Crippen LogP contribution < -0.4 is 0 Å². The van der Waals surface area contributed by atoms with Crippen molar-refractivity contribution in [1.29, 1.82) is 0 Å². The number of benzene rings is 1. The molecule has 2 aromatic rings. The van der Waals surface area contributed by atoms with E-state index < -0.39 is 11.8 Å². The van der Waals surface area contributed by atoms with E-state index >= 15 is 0 Å². The Morgan fingerprint density at radius 1 is 0.794 bits per heavy atom. The summed E-state index contributed by atoms with van der Waals surface area (Å²) in [5.74, 6) is -1.62. The first-order valence-corrected chi connectivity index (χ1v) is 13.8. The zero-order chi connectivity index (χ0) is 23.5. The molecule has 1 unspecified atom stereocenters. The van der Waals surface area contributed by atoms with Crippen LogP contribution in [0.5, 0.6) is 0 Å². The number of carboxylic acid groups (broad SMARTS) is 1. The third-order valence-electron chi connectivity index (χ3n) is 8.91. The molecule has 34 heavy (non-hydrogen) atoms. The monoisotopic (exact) mass is 464 g/mol. The predicted molar refractivity (Wildman–Crippen MR) is 135 cm³/mol. The lowest BCUT2D eigenvalue weighted by atomic mass is 9.78. The Kier molecular flexibility index (Phi) is 7.38. The topological polar surface area (TPSA) is 62.5 Å². The quantitative estimate of drug-likeness (QED) is 0.409. The predicted octanol–water partition coefficient (Wildman–Crippen LogP) is 6.61. The molecule has 2 saturated carbocycles. The van der Waals surface area contributed by atoms with Gasteiger partial charge in [-0.3, -0.25) is 9.69 Å². The zero-order valence-corrected chi connectivity index (χ0v) is 20.5. The van der Waals surface area contributed by atoms with Gasteiger partial charge < -0.3 is 9.67 Å². The van der Waals surface area contributed by atoms with E-state index in [-0.39, 0.29) is 0 Å². The summed E-state index contributed by atoms with van der Waals surface area (Å²) < 4.78 is 2.28. The lowest BCUT2D eigenvalue weighted by molar-refractivity contribution is -0.131. The number of aromatic nitrogens is 1. The van der Waals surface area contributed by atoms with E-state index in [2.05, 4.69) is 15.5 Å². The first-order valence-electron chi connectivity index (χ1n) is 13.8. The summed E-state index contributed by atoms with van der Waals surface area (Å²) in [6.45, 7) is 1.15. The lowest BCUT2D eigenvalue weighted by Gasteiger charge is -2.50. The molecule has 1 N–H and O–H groups in total. The zero-order valence-electron chi connectivity index (χ0n) is 20.5. The van der Waals surface area contributed by atoms with Crippen LogP contribution in [0.1, 0.15) is 106 Å². The molecule has 4 aliphatic rings. The first kappa shape index (κ1) is 23.6. The van der Waals surface area contributed by atoms with E-state index in [0.29, 0.717) is 23.6 Å². The van der Waals surface area contributed by atoms with Gasteiger partial charge in [-0.25, -0.2) is 4.79 Å². The third-order valence-corrected chi connectivity index (χ3v) is 8.91. The maximum absolute atomic E-state index is 12.5. The molecule has 2 aliphatic carbocycles. The fourth-order valence-corrected chi connectivity index (χ4v) is 7.18. The second kappa shape index (κ2) is 10.6. The summed E-state index contributed by atoms with van der Waals surface area (Å²) in [5, 5.41) is 10.2. The minimum Gasteiger partial charge on any atom is -0.475 e. The summed E-state index contributed by atoms with van der Waals surface area (Å²) >= 11 is 0. The number of piperidine rings is 1. The molecule has 3 heterocycles. The van der Waals surface area contributed by atoms with Gasteiger partial charge in [-0.15, -0.1) is 0 Å². The maximum atomic E-state index is 12.5. The molecule has 4 fully saturated rings. The number of carbonyl (C=O) groups excluding carboxylic acids is 1. The van der Waals surface area contributed by atoms with Crippen molar-refractivity contribution in [2.75, 3.05) is 6.54 Å². The highest BCUT2D eigenvalue weighted by Crippen LogP contribution is 2.43. The van der Waals surface area contributed by atoms with Crippen molar-refractivity contribution in [3.8, 4) is 0 Å². The SMILES string of the molecule is O=C(O)C(=O)c1cn([C@H]2C[C@H]3CCCCC2CN3C2CCCCCCCCC2)c2ccccc12. The molecule has 3 atom stereocenters. The van der Waals surface area contributed by atoms with Gasteiger partial charge in [-0.1, -0.05) is 76.0 Å². The molecular formula is C29H40N2O3. The average Bonchev–Trinajstić information content (AvgIpc) is 3.21. The molecule has 1 aromatic heterocycles. The van der Waals surface area contributed by atoms with E-state index in [9.17, 15) is 14.7 Å². The van der Waals surface area contributed by atoms with Crippen LogP contribution in [0.15, 0.2) is 30.5 Å². The van der Waals surface area contributed by atoms with Crippen molar-refractivity contribution in [3.05, 3.63) is 36.0 Å². The minimum absolute atomic E-state index is 0.335. The van der Waals surface area contributed by atoms with Crippen LogP contribution in [0.2, 0.25) is 0 Å². The van der Waals surface area contributed by atoms with E-state index in [0.717, 1.165) is 29.9 Å². The molecule has 1 aromatic carbocycles. The van der Waals surface area contributed by atoms with Crippen LogP contribution >= 0.6 is 0 Å². The fourth-order valence-electron chi connectivity index (χ4n) is 7.18. The van der Waals surface area contributed by atoms with E-state index in [1.165, 1.54) is 83.5 Å². The van der Waals surface area contributed by atoms with Gasteiger partial charge in [0.2, 0.25) is 0 Å². The number of hydrogen-bond donors (Lipinski definition) is 1. The molecule has 6 rings (SSSR count).